The molecule has 0 radical (unpaired) electrons. The predicted molar refractivity (Wildman–Crippen MR) is 97.1 cm³/mol. The van der Waals surface area contributed by atoms with E-state index in [4.69, 9.17) is 4.74 Å². The van der Waals surface area contributed by atoms with Gasteiger partial charge in [0.2, 0.25) is 11.8 Å². The van der Waals surface area contributed by atoms with Crippen LogP contribution >= 0.6 is 0 Å². The van der Waals surface area contributed by atoms with Crippen LogP contribution in [-0.4, -0.2) is 54.9 Å². The van der Waals surface area contributed by atoms with Gasteiger partial charge in [-0.15, -0.1) is 0 Å². The molecule has 0 bridgehead atoms. The molecule has 0 unspecified atom stereocenters. The summed E-state index contributed by atoms with van der Waals surface area (Å²) in [6.07, 6.45) is 4.81. The fourth-order valence-corrected chi connectivity index (χ4v) is 3.66. The van der Waals surface area contributed by atoms with E-state index in [0.29, 0.717) is 13.1 Å². The summed E-state index contributed by atoms with van der Waals surface area (Å²) in [4.78, 5) is 28.1. The van der Waals surface area contributed by atoms with E-state index in [0.717, 1.165) is 38.1 Å². The van der Waals surface area contributed by atoms with Gasteiger partial charge in [0.25, 0.3) is 0 Å². The summed E-state index contributed by atoms with van der Waals surface area (Å²) >= 11 is 0. The third-order valence-electron chi connectivity index (χ3n) is 5.20. The lowest BCUT2D eigenvalue weighted by Gasteiger charge is -2.35. The fourth-order valence-electron chi connectivity index (χ4n) is 3.66. The van der Waals surface area contributed by atoms with Crippen LogP contribution in [0.3, 0.4) is 0 Å². The SMILES string of the molecule is COc1ccc(C2=CCN(C(=O)[C@@H]3CCCN(C(C)=O)C3)CC2)cc1. The number of piperidine rings is 1. The molecule has 1 aromatic carbocycles. The van der Waals surface area contributed by atoms with Gasteiger partial charge in [0.05, 0.1) is 13.0 Å². The van der Waals surface area contributed by atoms with Crippen LogP contribution in [-0.2, 0) is 9.59 Å². The first-order chi connectivity index (χ1) is 12.1. The number of amides is 2. The van der Waals surface area contributed by atoms with Crippen molar-refractivity contribution in [2.75, 3.05) is 33.3 Å². The lowest BCUT2D eigenvalue weighted by Crippen LogP contribution is -2.47. The lowest BCUT2D eigenvalue weighted by atomic mass is 9.94. The van der Waals surface area contributed by atoms with Crippen LogP contribution in [0.4, 0.5) is 0 Å². The van der Waals surface area contributed by atoms with Crippen LogP contribution in [0.1, 0.15) is 31.7 Å². The van der Waals surface area contributed by atoms with E-state index in [2.05, 4.69) is 18.2 Å². The number of nitrogens with zero attached hydrogens (tertiary/aromatic N) is 2. The number of hydrogen-bond donors (Lipinski definition) is 0. The number of ether oxygens (including phenoxy) is 1. The van der Waals surface area contributed by atoms with Gasteiger partial charge >= 0.3 is 0 Å². The zero-order valence-corrected chi connectivity index (χ0v) is 15.0. The van der Waals surface area contributed by atoms with Crippen molar-refractivity contribution in [1.29, 1.82) is 0 Å². The predicted octanol–water partition coefficient (Wildman–Crippen LogP) is 2.57. The molecule has 0 N–H and O–H groups in total. The number of likely N-dealkylation sites (tertiary alicyclic amines) is 1. The quantitative estimate of drug-likeness (QED) is 0.848. The molecule has 5 nitrogen and oxygen atoms in total. The van der Waals surface area contributed by atoms with Gasteiger partial charge < -0.3 is 14.5 Å². The molecule has 0 saturated carbocycles. The molecule has 0 spiro atoms. The molecule has 1 fully saturated rings. The third-order valence-corrected chi connectivity index (χ3v) is 5.20. The Morgan fingerprint density at radius 3 is 2.48 bits per heavy atom. The summed E-state index contributed by atoms with van der Waals surface area (Å²) < 4.78 is 5.20. The average molecular weight is 342 g/mol. The summed E-state index contributed by atoms with van der Waals surface area (Å²) in [6, 6.07) is 8.06. The van der Waals surface area contributed by atoms with E-state index in [1.807, 2.05) is 17.0 Å². The molecule has 2 amide bonds. The van der Waals surface area contributed by atoms with Gasteiger partial charge in [0, 0.05) is 33.1 Å². The minimum atomic E-state index is -0.0476. The highest BCUT2D eigenvalue weighted by atomic mass is 16.5. The van der Waals surface area contributed by atoms with E-state index in [-0.39, 0.29) is 17.7 Å². The first-order valence-corrected chi connectivity index (χ1v) is 8.96. The Balaban J connectivity index is 1.61. The molecule has 25 heavy (non-hydrogen) atoms. The maximum Gasteiger partial charge on any atom is 0.227 e. The first kappa shape index (κ1) is 17.5. The van der Waals surface area contributed by atoms with Gasteiger partial charge in [0.1, 0.15) is 5.75 Å². The number of rotatable bonds is 3. The van der Waals surface area contributed by atoms with Crippen molar-refractivity contribution >= 4 is 17.4 Å². The highest BCUT2D eigenvalue weighted by Gasteiger charge is 2.30. The molecule has 1 atom stereocenters. The standard InChI is InChI=1S/C20H26N2O3/c1-15(23)22-11-3-4-18(14-22)20(24)21-12-9-17(10-13-21)16-5-7-19(25-2)8-6-16/h5-9,18H,3-4,10-14H2,1-2H3/t18-/m1/s1. The number of benzene rings is 1. The van der Waals surface area contributed by atoms with E-state index in [1.54, 1.807) is 18.9 Å². The summed E-state index contributed by atoms with van der Waals surface area (Å²) in [6.45, 7) is 4.32. The second-order valence-corrected chi connectivity index (χ2v) is 6.80. The van der Waals surface area contributed by atoms with Crippen molar-refractivity contribution in [2.24, 2.45) is 5.92 Å². The molecule has 3 rings (SSSR count). The Labute approximate surface area is 149 Å². The van der Waals surface area contributed by atoms with Crippen molar-refractivity contribution in [1.82, 2.24) is 9.80 Å². The zero-order chi connectivity index (χ0) is 17.8. The van der Waals surface area contributed by atoms with Crippen LogP contribution in [0.25, 0.3) is 5.57 Å². The topological polar surface area (TPSA) is 49.9 Å². The van der Waals surface area contributed by atoms with E-state index < -0.39 is 0 Å². The molecular formula is C20H26N2O3. The monoisotopic (exact) mass is 342 g/mol. The highest BCUT2D eigenvalue weighted by Crippen LogP contribution is 2.26. The number of hydrogen-bond acceptors (Lipinski definition) is 3. The largest absolute Gasteiger partial charge is 0.497 e. The molecule has 134 valence electrons. The van der Waals surface area contributed by atoms with Gasteiger partial charge in [-0.2, -0.15) is 0 Å². The minimum absolute atomic E-state index is 0.0476. The Kier molecular flexibility index (Phi) is 5.41. The summed E-state index contributed by atoms with van der Waals surface area (Å²) in [5.41, 5.74) is 2.47. The van der Waals surface area contributed by atoms with Gasteiger partial charge in [-0.25, -0.2) is 0 Å². The number of methoxy groups -OCH3 is 1. The second kappa shape index (κ2) is 7.72. The normalized spacial score (nSPS) is 20.9. The van der Waals surface area contributed by atoms with Gasteiger partial charge in [-0.1, -0.05) is 18.2 Å². The highest BCUT2D eigenvalue weighted by molar-refractivity contribution is 5.82. The van der Waals surface area contributed by atoms with Crippen LogP contribution in [0.15, 0.2) is 30.3 Å². The molecule has 2 aliphatic heterocycles. The Morgan fingerprint density at radius 1 is 1.12 bits per heavy atom. The molecular weight excluding hydrogens is 316 g/mol. The van der Waals surface area contributed by atoms with E-state index in [1.165, 1.54) is 11.1 Å². The fraction of sp³-hybridized carbons (Fsp3) is 0.500. The minimum Gasteiger partial charge on any atom is -0.497 e. The average Bonchev–Trinajstić information content (AvgIpc) is 2.67. The lowest BCUT2D eigenvalue weighted by molar-refractivity contribution is -0.139. The Bertz CT molecular complexity index is 666. The van der Waals surface area contributed by atoms with Crippen molar-refractivity contribution in [3.05, 3.63) is 35.9 Å². The summed E-state index contributed by atoms with van der Waals surface area (Å²) in [7, 11) is 1.66. The van der Waals surface area contributed by atoms with E-state index >= 15 is 0 Å². The van der Waals surface area contributed by atoms with Crippen LogP contribution < -0.4 is 4.74 Å². The molecule has 2 heterocycles. The maximum absolute atomic E-state index is 12.8. The zero-order valence-electron chi connectivity index (χ0n) is 15.0. The molecule has 0 aromatic heterocycles. The third kappa shape index (κ3) is 4.03. The molecule has 0 aliphatic carbocycles. The number of carbonyl (C=O) groups is 2. The smallest absolute Gasteiger partial charge is 0.227 e. The molecule has 5 heteroatoms. The van der Waals surface area contributed by atoms with Crippen molar-refractivity contribution in [3.8, 4) is 5.75 Å². The van der Waals surface area contributed by atoms with Crippen molar-refractivity contribution in [2.45, 2.75) is 26.2 Å². The Morgan fingerprint density at radius 2 is 1.88 bits per heavy atom. The van der Waals surface area contributed by atoms with Crippen LogP contribution in [0.5, 0.6) is 5.75 Å². The Hall–Kier alpha value is -2.30. The van der Waals surface area contributed by atoms with Crippen molar-refractivity contribution < 1.29 is 14.3 Å². The summed E-state index contributed by atoms with van der Waals surface area (Å²) in [5.74, 6) is 1.06. The first-order valence-electron chi connectivity index (χ1n) is 8.96. The van der Waals surface area contributed by atoms with Gasteiger partial charge in [-0.3, -0.25) is 9.59 Å². The molecule has 2 aliphatic rings. The van der Waals surface area contributed by atoms with E-state index in [9.17, 15) is 9.59 Å². The molecule has 1 aromatic rings. The van der Waals surface area contributed by atoms with Crippen molar-refractivity contribution in [3.63, 3.8) is 0 Å². The van der Waals surface area contributed by atoms with Gasteiger partial charge in [0.15, 0.2) is 0 Å². The van der Waals surface area contributed by atoms with Crippen LogP contribution in [0, 0.1) is 5.92 Å². The molecule has 1 saturated heterocycles. The maximum atomic E-state index is 12.8. The van der Waals surface area contributed by atoms with Gasteiger partial charge in [-0.05, 0) is 42.5 Å². The summed E-state index contributed by atoms with van der Waals surface area (Å²) in [5, 5.41) is 0. The number of carbonyl (C=O) groups excluding carboxylic acids is 2. The van der Waals surface area contributed by atoms with Crippen LogP contribution in [0.2, 0.25) is 0 Å². The second-order valence-electron chi connectivity index (χ2n) is 6.80.